The van der Waals surface area contributed by atoms with Crippen LogP contribution in [0.15, 0.2) is 0 Å². The molecule has 0 heterocycles. The van der Waals surface area contributed by atoms with Crippen molar-refractivity contribution >= 4 is 5.97 Å². The van der Waals surface area contributed by atoms with E-state index in [0.717, 1.165) is 25.7 Å². The van der Waals surface area contributed by atoms with Crippen LogP contribution in [0.3, 0.4) is 0 Å². The molecule has 0 aliphatic rings. The molecule has 0 aliphatic heterocycles. The van der Waals surface area contributed by atoms with E-state index in [1.54, 1.807) is 0 Å². The maximum Gasteiger partial charge on any atom is 0.303 e. The molecule has 0 fully saturated rings. The molecule has 0 amide bonds. The lowest BCUT2D eigenvalue weighted by molar-refractivity contribution is -0.137. The largest absolute Gasteiger partial charge is 0.481 e. The maximum atomic E-state index is 10.2. The molecule has 78 valence electrons. The van der Waals surface area contributed by atoms with Crippen molar-refractivity contribution in [2.75, 3.05) is 0 Å². The van der Waals surface area contributed by atoms with E-state index in [1.807, 2.05) is 0 Å². The van der Waals surface area contributed by atoms with Crippen LogP contribution < -0.4 is 5.73 Å². The van der Waals surface area contributed by atoms with Gasteiger partial charge in [-0.05, 0) is 25.2 Å². The summed E-state index contributed by atoms with van der Waals surface area (Å²) in [6, 6.07) is 0.244. The third kappa shape index (κ3) is 9.34. The molecular formula is C10H21NO2. The summed E-state index contributed by atoms with van der Waals surface area (Å²) in [6.45, 7) is 4.30. The first-order valence-electron chi connectivity index (χ1n) is 4.99. The Kier molecular flexibility index (Phi) is 6.59. The molecule has 0 radical (unpaired) electrons. The summed E-state index contributed by atoms with van der Waals surface area (Å²) in [4.78, 5) is 10.2. The molecule has 1 atom stereocenters. The summed E-state index contributed by atoms with van der Waals surface area (Å²) in [5.74, 6) is -0.0769. The molecule has 3 heteroatoms. The number of carboxylic acids is 1. The average molecular weight is 187 g/mol. The molecular weight excluding hydrogens is 166 g/mol. The fourth-order valence-electron chi connectivity index (χ4n) is 1.41. The zero-order chi connectivity index (χ0) is 10.3. The number of nitrogens with two attached hydrogens (primary N) is 1. The highest BCUT2D eigenvalue weighted by atomic mass is 16.4. The lowest BCUT2D eigenvalue weighted by Crippen LogP contribution is -2.21. The first-order chi connectivity index (χ1) is 6.02. The third-order valence-corrected chi connectivity index (χ3v) is 1.99. The SMILES string of the molecule is CC(C)C[C@H](N)CCCCC(=O)O. The van der Waals surface area contributed by atoms with Crippen molar-refractivity contribution in [3.8, 4) is 0 Å². The monoisotopic (exact) mass is 187 g/mol. The molecule has 0 rings (SSSR count). The summed E-state index contributed by atoms with van der Waals surface area (Å²) in [6.07, 6.45) is 3.94. The third-order valence-electron chi connectivity index (χ3n) is 1.99. The Morgan fingerprint density at radius 2 is 2.00 bits per heavy atom. The zero-order valence-corrected chi connectivity index (χ0v) is 8.62. The van der Waals surface area contributed by atoms with E-state index < -0.39 is 5.97 Å². The van der Waals surface area contributed by atoms with Crippen LogP contribution in [0.1, 0.15) is 46.0 Å². The van der Waals surface area contributed by atoms with Gasteiger partial charge in [-0.3, -0.25) is 4.79 Å². The lowest BCUT2D eigenvalue weighted by Gasteiger charge is -2.13. The van der Waals surface area contributed by atoms with Gasteiger partial charge in [0.25, 0.3) is 0 Å². The van der Waals surface area contributed by atoms with Crippen molar-refractivity contribution in [2.24, 2.45) is 11.7 Å². The van der Waals surface area contributed by atoms with Gasteiger partial charge in [-0.2, -0.15) is 0 Å². The average Bonchev–Trinajstić information content (AvgIpc) is 1.96. The van der Waals surface area contributed by atoms with Crippen LogP contribution in [0.2, 0.25) is 0 Å². The summed E-state index contributed by atoms with van der Waals surface area (Å²) >= 11 is 0. The van der Waals surface area contributed by atoms with Crippen LogP contribution in [0.4, 0.5) is 0 Å². The molecule has 3 N–H and O–H groups in total. The van der Waals surface area contributed by atoms with E-state index in [9.17, 15) is 4.79 Å². The number of carbonyl (C=O) groups is 1. The fraction of sp³-hybridized carbons (Fsp3) is 0.900. The van der Waals surface area contributed by atoms with Crippen molar-refractivity contribution in [1.29, 1.82) is 0 Å². The second-order valence-electron chi connectivity index (χ2n) is 4.03. The quantitative estimate of drug-likeness (QED) is 0.599. The van der Waals surface area contributed by atoms with Gasteiger partial charge in [0.05, 0.1) is 0 Å². The summed E-state index contributed by atoms with van der Waals surface area (Å²) < 4.78 is 0. The molecule has 0 saturated carbocycles. The minimum atomic E-state index is -0.711. The Bertz CT molecular complexity index is 146. The Morgan fingerprint density at radius 3 is 2.46 bits per heavy atom. The highest BCUT2D eigenvalue weighted by Gasteiger charge is 2.05. The number of hydrogen-bond donors (Lipinski definition) is 2. The first-order valence-corrected chi connectivity index (χ1v) is 4.99. The molecule has 0 aromatic rings. The Morgan fingerprint density at radius 1 is 1.38 bits per heavy atom. The number of carboxylic acid groups (broad SMARTS) is 1. The highest BCUT2D eigenvalue weighted by molar-refractivity contribution is 5.66. The van der Waals surface area contributed by atoms with Crippen LogP contribution in [0, 0.1) is 5.92 Å². The highest BCUT2D eigenvalue weighted by Crippen LogP contribution is 2.09. The zero-order valence-electron chi connectivity index (χ0n) is 8.62. The van der Waals surface area contributed by atoms with E-state index >= 15 is 0 Å². The number of hydrogen-bond acceptors (Lipinski definition) is 2. The summed E-state index contributed by atoms with van der Waals surface area (Å²) in [5.41, 5.74) is 5.84. The van der Waals surface area contributed by atoms with E-state index in [-0.39, 0.29) is 12.5 Å². The van der Waals surface area contributed by atoms with Gasteiger partial charge in [0.15, 0.2) is 0 Å². The lowest BCUT2D eigenvalue weighted by atomic mass is 9.99. The second kappa shape index (κ2) is 6.89. The van der Waals surface area contributed by atoms with Gasteiger partial charge in [0, 0.05) is 12.5 Å². The predicted octanol–water partition coefficient (Wildman–Crippen LogP) is 2.00. The van der Waals surface area contributed by atoms with Gasteiger partial charge in [0.1, 0.15) is 0 Å². The number of aliphatic carboxylic acids is 1. The van der Waals surface area contributed by atoms with Gasteiger partial charge >= 0.3 is 5.97 Å². The van der Waals surface area contributed by atoms with Crippen molar-refractivity contribution < 1.29 is 9.90 Å². The minimum Gasteiger partial charge on any atom is -0.481 e. The molecule has 0 bridgehead atoms. The van der Waals surface area contributed by atoms with Crippen molar-refractivity contribution in [2.45, 2.75) is 52.0 Å². The molecule has 0 spiro atoms. The smallest absolute Gasteiger partial charge is 0.303 e. The molecule has 0 aliphatic carbocycles. The van der Waals surface area contributed by atoms with Crippen molar-refractivity contribution in [3.05, 3.63) is 0 Å². The van der Waals surface area contributed by atoms with Crippen LogP contribution >= 0.6 is 0 Å². The number of unbranched alkanes of at least 4 members (excludes halogenated alkanes) is 1. The van der Waals surface area contributed by atoms with Gasteiger partial charge in [-0.25, -0.2) is 0 Å². The molecule has 13 heavy (non-hydrogen) atoms. The second-order valence-corrected chi connectivity index (χ2v) is 4.03. The predicted molar refractivity (Wildman–Crippen MR) is 53.5 cm³/mol. The summed E-state index contributed by atoms with van der Waals surface area (Å²) in [5, 5.41) is 8.39. The molecule has 3 nitrogen and oxygen atoms in total. The normalized spacial score (nSPS) is 13.2. The minimum absolute atomic E-state index is 0.244. The van der Waals surface area contributed by atoms with Gasteiger partial charge < -0.3 is 10.8 Å². The summed E-state index contributed by atoms with van der Waals surface area (Å²) in [7, 11) is 0. The van der Waals surface area contributed by atoms with Crippen molar-refractivity contribution in [1.82, 2.24) is 0 Å². The first kappa shape index (κ1) is 12.4. The van der Waals surface area contributed by atoms with E-state index in [0.29, 0.717) is 5.92 Å². The Hall–Kier alpha value is -0.570. The van der Waals surface area contributed by atoms with E-state index in [4.69, 9.17) is 10.8 Å². The standard InChI is InChI=1S/C10H21NO2/c1-8(2)7-9(11)5-3-4-6-10(12)13/h8-9H,3-7,11H2,1-2H3,(H,12,13)/t9-/m1/s1. The van der Waals surface area contributed by atoms with Crippen molar-refractivity contribution in [3.63, 3.8) is 0 Å². The molecule has 0 unspecified atom stereocenters. The number of rotatable bonds is 7. The molecule has 0 aromatic heterocycles. The van der Waals surface area contributed by atoms with Crippen LogP contribution in [0.25, 0.3) is 0 Å². The van der Waals surface area contributed by atoms with E-state index in [1.165, 1.54) is 0 Å². The van der Waals surface area contributed by atoms with E-state index in [2.05, 4.69) is 13.8 Å². The van der Waals surface area contributed by atoms with Crippen LogP contribution in [-0.4, -0.2) is 17.1 Å². The topological polar surface area (TPSA) is 63.3 Å². The van der Waals surface area contributed by atoms with Crippen LogP contribution in [0.5, 0.6) is 0 Å². The van der Waals surface area contributed by atoms with Gasteiger partial charge in [0.2, 0.25) is 0 Å². The fourth-order valence-corrected chi connectivity index (χ4v) is 1.41. The molecule has 0 saturated heterocycles. The Balaban J connectivity index is 3.26. The Labute approximate surface area is 80.3 Å². The van der Waals surface area contributed by atoms with Crippen LogP contribution in [-0.2, 0) is 4.79 Å². The van der Waals surface area contributed by atoms with Gasteiger partial charge in [-0.1, -0.05) is 20.3 Å². The maximum absolute atomic E-state index is 10.2. The van der Waals surface area contributed by atoms with Gasteiger partial charge in [-0.15, -0.1) is 0 Å². The molecule has 0 aromatic carbocycles.